The maximum atomic E-state index is 12.3. The number of hydrogen-bond acceptors (Lipinski definition) is 4. The van der Waals surface area contributed by atoms with Crippen LogP contribution in [0.1, 0.15) is 36.5 Å². The molecule has 0 heterocycles. The van der Waals surface area contributed by atoms with Crippen molar-refractivity contribution >= 4 is 15.8 Å². The third-order valence-corrected chi connectivity index (χ3v) is 5.24. The third-order valence-electron chi connectivity index (χ3n) is 3.75. The third kappa shape index (κ3) is 3.26. The van der Waals surface area contributed by atoms with Gasteiger partial charge in [-0.15, -0.1) is 0 Å². The molecular weight excluding hydrogens is 278 g/mol. The minimum atomic E-state index is -3.66. The van der Waals surface area contributed by atoms with E-state index in [-0.39, 0.29) is 29.2 Å². The van der Waals surface area contributed by atoms with Crippen LogP contribution in [-0.4, -0.2) is 32.0 Å². The molecule has 0 spiro atoms. The van der Waals surface area contributed by atoms with Gasteiger partial charge in [-0.25, -0.2) is 13.1 Å². The van der Waals surface area contributed by atoms with Gasteiger partial charge in [0.05, 0.1) is 4.90 Å². The standard InChI is InChI=1S/C14H19NO4S/c1-10(17)11-4-2-6-13(8-11)20(18,19)15-14-7-3-5-12(14)9-16/h2,4,6,8,12,14-16H,3,5,7,9H2,1H3. The summed E-state index contributed by atoms with van der Waals surface area (Å²) in [7, 11) is -3.66. The van der Waals surface area contributed by atoms with Crippen molar-refractivity contribution in [1.29, 1.82) is 0 Å². The smallest absolute Gasteiger partial charge is 0.240 e. The molecule has 6 heteroatoms. The number of nitrogens with one attached hydrogen (secondary N) is 1. The molecule has 1 aliphatic rings. The average molecular weight is 297 g/mol. The molecule has 5 nitrogen and oxygen atoms in total. The second-order valence-corrected chi connectivity index (χ2v) is 6.90. The molecule has 2 rings (SSSR count). The fourth-order valence-electron chi connectivity index (χ4n) is 2.56. The summed E-state index contributed by atoms with van der Waals surface area (Å²) in [6, 6.07) is 5.77. The van der Waals surface area contributed by atoms with Gasteiger partial charge in [0, 0.05) is 18.2 Å². The molecule has 1 fully saturated rings. The average Bonchev–Trinajstić information content (AvgIpc) is 2.85. The van der Waals surface area contributed by atoms with Crippen molar-refractivity contribution in [3.8, 4) is 0 Å². The Balaban J connectivity index is 2.22. The molecule has 0 saturated heterocycles. The van der Waals surface area contributed by atoms with Crippen LogP contribution in [0.15, 0.2) is 29.2 Å². The summed E-state index contributed by atoms with van der Waals surface area (Å²) in [6.45, 7) is 1.39. The Hall–Kier alpha value is -1.24. The largest absolute Gasteiger partial charge is 0.396 e. The number of ketones is 1. The summed E-state index contributed by atoms with van der Waals surface area (Å²) in [6.07, 6.45) is 2.47. The first-order valence-corrected chi connectivity index (χ1v) is 8.16. The first-order valence-electron chi connectivity index (χ1n) is 6.68. The fraction of sp³-hybridized carbons (Fsp3) is 0.500. The minimum absolute atomic E-state index is 0.0132. The van der Waals surface area contributed by atoms with Crippen LogP contribution < -0.4 is 4.72 Å². The summed E-state index contributed by atoms with van der Waals surface area (Å²) in [5, 5.41) is 9.24. The Labute approximate surface area is 119 Å². The number of aliphatic hydroxyl groups is 1. The highest BCUT2D eigenvalue weighted by Crippen LogP contribution is 2.26. The van der Waals surface area contributed by atoms with Gasteiger partial charge in [-0.1, -0.05) is 18.6 Å². The van der Waals surface area contributed by atoms with Crippen LogP contribution in [0.5, 0.6) is 0 Å². The second-order valence-electron chi connectivity index (χ2n) is 5.19. The van der Waals surface area contributed by atoms with E-state index in [1.165, 1.54) is 19.1 Å². The lowest BCUT2D eigenvalue weighted by Crippen LogP contribution is -2.38. The zero-order valence-corrected chi connectivity index (χ0v) is 12.2. The quantitative estimate of drug-likeness (QED) is 0.803. The van der Waals surface area contributed by atoms with E-state index in [4.69, 9.17) is 0 Å². The Bertz CT molecular complexity index is 597. The predicted octanol–water partition coefficient (Wildman–Crippen LogP) is 1.33. The molecule has 1 aromatic carbocycles. The van der Waals surface area contributed by atoms with E-state index < -0.39 is 10.0 Å². The topological polar surface area (TPSA) is 83.5 Å². The summed E-state index contributed by atoms with van der Waals surface area (Å²) >= 11 is 0. The lowest BCUT2D eigenvalue weighted by molar-refractivity contribution is 0.101. The van der Waals surface area contributed by atoms with E-state index in [0.29, 0.717) is 5.56 Å². The highest BCUT2D eigenvalue weighted by molar-refractivity contribution is 7.89. The molecule has 0 amide bonds. The molecule has 1 aromatic rings. The van der Waals surface area contributed by atoms with Crippen LogP contribution in [0.3, 0.4) is 0 Å². The number of aliphatic hydroxyl groups excluding tert-OH is 1. The maximum Gasteiger partial charge on any atom is 0.240 e. The number of rotatable bonds is 5. The second kappa shape index (κ2) is 6.03. The molecule has 1 aliphatic carbocycles. The van der Waals surface area contributed by atoms with E-state index >= 15 is 0 Å². The van der Waals surface area contributed by atoms with E-state index in [1.807, 2.05) is 0 Å². The molecular formula is C14H19NO4S. The van der Waals surface area contributed by atoms with Crippen LogP contribution in [0.25, 0.3) is 0 Å². The zero-order chi connectivity index (χ0) is 14.8. The number of carbonyl (C=O) groups is 1. The summed E-state index contributed by atoms with van der Waals surface area (Å²) in [5.41, 5.74) is 0.373. The molecule has 0 radical (unpaired) electrons. The number of Topliss-reactive ketones (excluding diaryl/α,β-unsaturated/α-hetero) is 1. The Morgan fingerprint density at radius 2 is 2.15 bits per heavy atom. The van der Waals surface area contributed by atoms with Crippen molar-refractivity contribution in [2.45, 2.75) is 37.1 Å². The van der Waals surface area contributed by atoms with E-state index in [0.717, 1.165) is 19.3 Å². The maximum absolute atomic E-state index is 12.3. The van der Waals surface area contributed by atoms with Crippen molar-refractivity contribution in [3.63, 3.8) is 0 Å². The summed E-state index contributed by atoms with van der Waals surface area (Å²) < 4.78 is 27.3. The normalized spacial score (nSPS) is 22.9. The number of sulfonamides is 1. The van der Waals surface area contributed by atoms with Crippen LogP contribution >= 0.6 is 0 Å². The first-order chi connectivity index (χ1) is 9.44. The SMILES string of the molecule is CC(=O)c1cccc(S(=O)(=O)NC2CCCC2CO)c1. The highest BCUT2D eigenvalue weighted by Gasteiger charge is 2.30. The molecule has 0 aromatic heterocycles. The zero-order valence-electron chi connectivity index (χ0n) is 11.4. The number of benzene rings is 1. The molecule has 2 N–H and O–H groups in total. The lowest BCUT2D eigenvalue weighted by atomic mass is 10.1. The minimum Gasteiger partial charge on any atom is -0.396 e. The highest BCUT2D eigenvalue weighted by atomic mass is 32.2. The van der Waals surface area contributed by atoms with Crippen molar-refractivity contribution in [2.24, 2.45) is 5.92 Å². The summed E-state index contributed by atoms with van der Waals surface area (Å²) in [4.78, 5) is 11.4. The fourth-order valence-corrected chi connectivity index (χ4v) is 3.94. The Kier molecular flexibility index (Phi) is 4.57. The molecule has 20 heavy (non-hydrogen) atoms. The molecule has 0 bridgehead atoms. The van der Waals surface area contributed by atoms with Gasteiger partial charge in [0.2, 0.25) is 10.0 Å². The van der Waals surface area contributed by atoms with Crippen molar-refractivity contribution < 1.29 is 18.3 Å². The predicted molar refractivity (Wildman–Crippen MR) is 75.0 cm³/mol. The van der Waals surface area contributed by atoms with Gasteiger partial charge in [0.1, 0.15) is 0 Å². The Morgan fingerprint density at radius 1 is 1.40 bits per heavy atom. The van der Waals surface area contributed by atoms with Crippen LogP contribution in [0.4, 0.5) is 0 Å². The van der Waals surface area contributed by atoms with Gasteiger partial charge in [-0.2, -0.15) is 0 Å². The number of hydrogen-bond donors (Lipinski definition) is 2. The van der Waals surface area contributed by atoms with E-state index in [9.17, 15) is 18.3 Å². The molecule has 1 saturated carbocycles. The van der Waals surface area contributed by atoms with Crippen LogP contribution in [0.2, 0.25) is 0 Å². The monoisotopic (exact) mass is 297 g/mol. The summed E-state index contributed by atoms with van der Waals surface area (Å²) in [5.74, 6) is -0.197. The van der Waals surface area contributed by atoms with Crippen LogP contribution in [0, 0.1) is 5.92 Å². The van der Waals surface area contributed by atoms with Gasteiger partial charge in [-0.3, -0.25) is 4.79 Å². The molecule has 2 unspecified atom stereocenters. The molecule has 2 atom stereocenters. The van der Waals surface area contributed by atoms with Crippen molar-refractivity contribution in [2.75, 3.05) is 6.61 Å². The van der Waals surface area contributed by atoms with Crippen LogP contribution in [-0.2, 0) is 10.0 Å². The molecule has 0 aliphatic heterocycles. The Morgan fingerprint density at radius 3 is 2.80 bits per heavy atom. The van der Waals surface area contributed by atoms with Gasteiger partial charge < -0.3 is 5.11 Å². The van der Waals surface area contributed by atoms with Gasteiger partial charge >= 0.3 is 0 Å². The first kappa shape index (κ1) is 15.2. The molecule has 110 valence electrons. The van der Waals surface area contributed by atoms with E-state index in [1.54, 1.807) is 12.1 Å². The van der Waals surface area contributed by atoms with Gasteiger partial charge in [-0.05, 0) is 37.8 Å². The van der Waals surface area contributed by atoms with Crippen molar-refractivity contribution in [1.82, 2.24) is 4.72 Å². The van der Waals surface area contributed by atoms with Gasteiger partial charge in [0.25, 0.3) is 0 Å². The van der Waals surface area contributed by atoms with Crippen molar-refractivity contribution in [3.05, 3.63) is 29.8 Å². The van der Waals surface area contributed by atoms with Gasteiger partial charge in [0.15, 0.2) is 5.78 Å². The lowest BCUT2D eigenvalue weighted by Gasteiger charge is -2.19. The van der Waals surface area contributed by atoms with E-state index in [2.05, 4.69) is 4.72 Å². The number of carbonyl (C=O) groups excluding carboxylic acids is 1.